The van der Waals surface area contributed by atoms with Crippen molar-refractivity contribution in [2.75, 3.05) is 19.0 Å². The van der Waals surface area contributed by atoms with Crippen LogP contribution in [0.5, 0.6) is 0 Å². The molecule has 136 valence electrons. The van der Waals surface area contributed by atoms with Crippen LogP contribution in [-0.4, -0.2) is 32.6 Å². The fourth-order valence-corrected chi connectivity index (χ4v) is 4.34. The fraction of sp³-hybridized carbons (Fsp3) is 0.353. The van der Waals surface area contributed by atoms with E-state index in [2.05, 4.69) is 5.32 Å². The molecule has 0 aliphatic carbocycles. The van der Waals surface area contributed by atoms with Crippen molar-refractivity contribution in [1.82, 2.24) is 4.57 Å². The van der Waals surface area contributed by atoms with Gasteiger partial charge in [0, 0.05) is 26.3 Å². The first-order valence-electron chi connectivity index (χ1n) is 7.67. The summed E-state index contributed by atoms with van der Waals surface area (Å²) >= 11 is 0. The molecular weight excluding hydrogens is 347 g/mol. The number of methoxy groups -OCH3 is 1. The molecule has 6 nitrogen and oxygen atoms in total. The molecule has 2 aromatic rings. The second-order valence-electron chi connectivity index (χ2n) is 5.67. The van der Waals surface area contributed by atoms with Gasteiger partial charge >= 0.3 is 0 Å². The number of carbonyl (C=O) groups is 1. The molecule has 0 aliphatic heterocycles. The number of nitrogens with zero attached hydrogens (tertiary/aromatic N) is 1. The van der Waals surface area contributed by atoms with Crippen LogP contribution in [-0.2, 0) is 25.9 Å². The van der Waals surface area contributed by atoms with Crippen molar-refractivity contribution in [3.8, 4) is 0 Å². The van der Waals surface area contributed by atoms with Crippen LogP contribution >= 0.6 is 0 Å². The Labute approximate surface area is 146 Å². The van der Waals surface area contributed by atoms with Gasteiger partial charge in [0.15, 0.2) is 0 Å². The van der Waals surface area contributed by atoms with Crippen molar-refractivity contribution in [2.24, 2.45) is 0 Å². The first-order chi connectivity index (χ1) is 11.7. The molecule has 1 aromatic carbocycles. The topological polar surface area (TPSA) is 77.4 Å². The minimum Gasteiger partial charge on any atom is -0.383 e. The highest BCUT2D eigenvalue weighted by molar-refractivity contribution is 7.91. The van der Waals surface area contributed by atoms with Crippen molar-refractivity contribution in [1.29, 1.82) is 0 Å². The maximum absolute atomic E-state index is 13.1. The highest BCUT2D eigenvalue weighted by atomic mass is 32.2. The number of ether oxygens (including phenoxy) is 1. The maximum Gasteiger partial charge on any atom is 0.222 e. The Morgan fingerprint density at radius 2 is 1.84 bits per heavy atom. The van der Waals surface area contributed by atoms with Crippen LogP contribution in [0.25, 0.3) is 0 Å². The average Bonchev–Trinajstić information content (AvgIpc) is 2.76. The molecular formula is C17H21FN2O4S. The molecule has 0 fully saturated rings. The van der Waals surface area contributed by atoms with Gasteiger partial charge in [-0.2, -0.15) is 0 Å². The predicted molar refractivity (Wildman–Crippen MR) is 91.9 cm³/mol. The van der Waals surface area contributed by atoms with E-state index in [1.165, 1.54) is 19.1 Å². The summed E-state index contributed by atoms with van der Waals surface area (Å²) in [6.07, 6.45) is 0. The number of nitrogens with one attached hydrogen (secondary N) is 1. The molecule has 1 N–H and O–H groups in total. The van der Waals surface area contributed by atoms with Crippen molar-refractivity contribution in [3.63, 3.8) is 0 Å². The number of benzene rings is 1. The number of rotatable bonds is 6. The maximum atomic E-state index is 13.1. The van der Waals surface area contributed by atoms with E-state index in [1.807, 2.05) is 0 Å². The van der Waals surface area contributed by atoms with E-state index in [0.717, 1.165) is 12.1 Å². The Balaban J connectivity index is 2.70. The molecule has 1 heterocycles. The van der Waals surface area contributed by atoms with E-state index >= 15 is 0 Å². The van der Waals surface area contributed by atoms with Crippen LogP contribution in [0.1, 0.15) is 18.2 Å². The summed E-state index contributed by atoms with van der Waals surface area (Å²) in [6, 6.07) is 4.61. The van der Waals surface area contributed by atoms with Gasteiger partial charge in [-0.05, 0) is 43.7 Å². The second-order valence-corrected chi connectivity index (χ2v) is 7.56. The van der Waals surface area contributed by atoms with Gasteiger partial charge in [-0.3, -0.25) is 4.79 Å². The van der Waals surface area contributed by atoms with Gasteiger partial charge in [0.2, 0.25) is 15.7 Å². The molecule has 0 radical (unpaired) electrons. The fourth-order valence-electron chi connectivity index (χ4n) is 2.65. The average molecular weight is 368 g/mol. The van der Waals surface area contributed by atoms with Crippen molar-refractivity contribution in [3.05, 3.63) is 41.3 Å². The summed E-state index contributed by atoms with van der Waals surface area (Å²) in [5.41, 5.74) is 1.24. The Morgan fingerprint density at radius 3 is 2.36 bits per heavy atom. The Kier molecular flexibility index (Phi) is 5.64. The summed E-state index contributed by atoms with van der Waals surface area (Å²) in [4.78, 5) is 11.6. The third kappa shape index (κ3) is 3.74. The van der Waals surface area contributed by atoms with Crippen LogP contribution in [0.3, 0.4) is 0 Å². The van der Waals surface area contributed by atoms with Crippen molar-refractivity contribution in [2.45, 2.75) is 37.1 Å². The Morgan fingerprint density at radius 1 is 1.24 bits per heavy atom. The predicted octanol–water partition coefficient (Wildman–Crippen LogP) is 2.68. The Bertz CT molecular complexity index is 886. The minimum atomic E-state index is -3.93. The molecule has 0 spiro atoms. The Hall–Kier alpha value is -2.19. The number of carbonyl (C=O) groups excluding carboxylic acids is 1. The number of anilines is 1. The monoisotopic (exact) mass is 368 g/mol. The molecule has 2 rings (SSSR count). The summed E-state index contributed by atoms with van der Waals surface area (Å²) in [6.45, 7) is 5.52. The first kappa shape index (κ1) is 19.1. The van der Waals surface area contributed by atoms with Gasteiger partial charge in [0.1, 0.15) is 16.5 Å². The van der Waals surface area contributed by atoms with Crippen LogP contribution in [0, 0.1) is 19.7 Å². The van der Waals surface area contributed by atoms with Gasteiger partial charge < -0.3 is 14.6 Å². The summed E-state index contributed by atoms with van der Waals surface area (Å²) in [5.74, 6) is -0.706. The summed E-state index contributed by atoms with van der Waals surface area (Å²) in [7, 11) is -2.39. The quantitative estimate of drug-likeness (QED) is 0.795. The van der Waals surface area contributed by atoms with Crippen LogP contribution in [0.4, 0.5) is 10.2 Å². The zero-order valence-electron chi connectivity index (χ0n) is 14.6. The lowest BCUT2D eigenvalue weighted by molar-refractivity contribution is -0.114. The van der Waals surface area contributed by atoms with Gasteiger partial charge in [-0.1, -0.05) is 0 Å². The van der Waals surface area contributed by atoms with E-state index in [1.54, 1.807) is 25.5 Å². The number of halogens is 1. The van der Waals surface area contributed by atoms with Crippen molar-refractivity contribution >= 4 is 21.6 Å². The molecule has 0 unspecified atom stereocenters. The molecule has 1 amide bonds. The van der Waals surface area contributed by atoms with Crippen LogP contribution < -0.4 is 5.32 Å². The third-order valence-electron chi connectivity index (χ3n) is 3.98. The van der Waals surface area contributed by atoms with Gasteiger partial charge in [0.25, 0.3) is 0 Å². The third-order valence-corrected chi connectivity index (χ3v) is 5.91. The zero-order chi connectivity index (χ0) is 18.8. The lowest BCUT2D eigenvalue weighted by atomic mass is 10.3. The molecule has 0 bridgehead atoms. The first-order valence-corrected chi connectivity index (χ1v) is 9.15. The SMILES string of the molecule is COCCn1c(C)c(C)c(S(=O)(=O)c2ccc(F)cc2)c1NC(C)=O. The van der Waals surface area contributed by atoms with E-state index < -0.39 is 15.7 Å². The molecule has 0 saturated carbocycles. The minimum absolute atomic E-state index is 0.0166. The van der Waals surface area contributed by atoms with Crippen LogP contribution in [0.2, 0.25) is 0 Å². The molecule has 0 aliphatic rings. The molecule has 0 saturated heterocycles. The summed E-state index contributed by atoms with van der Waals surface area (Å²) < 4.78 is 46.1. The van der Waals surface area contributed by atoms with Gasteiger partial charge in [0.05, 0.1) is 11.5 Å². The number of hydrogen-bond acceptors (Lipinski definition) is 4. The van der Waals surface area contributed by atoms with E-state index in [9.17, 15) is 17.6 Å². The number of amides is 1. The molecule has 8 heteroatoms. The van der Waals surface area contributed by atoms with Gasteiger partial charge in [-0.15, -0.1) is 0 Å². The lowest BCUT2D eigenvalue weighted by Crippen LogP contribution is -2.16. The van der Waals surface area contributed by atoms with Gasteiger partial charge in [-0.25, -0.2) is 12.8 Å². The molecule has 0 atom stereocenters. The van der Waals surface area contributed by atoms with E-state index in [-0.39, 0.29) is 21.5 Å². The van der Waals surface area contributed by atoms with E-state index in [0.29, 0.717) is 24.4 Å². The highest BCUT2D eigenvalue weighted by Crippen LogP contribution is 2.35. The smallest absolute Gasteiger partial charge is 0.222 e. The molecule has 1 aromatic heterocycles. The number of sulfone groups is 1. The second kappa shape index (κ2) is 7.37. The largest absolute Gasteiger partial charge is 0.383 e. The van der Waals surface area contributed by atoms with Crippen LogP contribution in [0.15, 0.2) is 34.1 Å². The number of hydrogen-bond donors (Lipinski definition) is 1. The number of aromatic nitrogens is 1. The lowest BCUT2D eigenvalue weighted by Gasteiger charge is -2.13. The molecule has 25 heavy (non-hydrogen) atoms. The van der Waals surface area contributed by atoms with E-state index in [4.69, 9.17) is 4.74 Å². The summed E-state index contributed by atoms with van der Waals surface area (Å²) in [5, 5.41) is 2.62. The highest BCUT2D eigenvalue weighted by Gasteiger charge is 2.30. The normalized spacial score (nSPS) is 11.6. The standard InChI is InChI=1S/C17H21FN2O4S/c1-11-12(2)20(9-10-24-4)17(19-13(3)21)16(11)25(22,23)15-7-5-14(18)6-8-15/h5-8H,9-10H2,1-4H3,(H,19,21). The zero-order valence-corrected chi connectivity index (χ0v) is 15.4. The van der Waals surface area contributed by atoms with Crippen molar-refractivity contribution < 1.29 is 22.3 Å².